The first-order valence-corrected chi connectivity index (χ1v) is 5.48. The lowest BCUT2D eigenvalue weighted by molar-refractivity contribution is 0.425. The van der Waals surface area contributed by atoms with E-state index in [4.69, 9.17) is 4.52 Å². The van der Waals surface area contributed by atoms with Gasteiger partial charge in [0.05, 0.1) is 11.8 Å². The van der Waals surface area contributed by atoms with Crippen molar-refractivity contribution in [2.75, 3.05) is 0 Å². The van der Waals surface area contributed by atoms with Crippen molar-refractivity contribution in [1.82, 2.24) is 15.1 Å². The van der Waals surface area contributed by atoms with Crippen LogP contribution in [0.3, 0.4) is 0 Å². The van der Waals surface area contributed by atoms with Gasteiger partial charge in [-0.15, -0.1) is 0 Å². The van der Waals surface area contributed by atoms with Gasteiger partial charge in [0.15, 0.2) is 0 Å². The van der Waals surface area contributed by atoms with Crippen molar-refractivity contribution in [1.29, 1.82) is 0 Å². The fraction of sp³-hybridized carbons (Fsp3) is 0. The van der Waals surface area contributed by atoms with E-state index in [0.29, 0.717) is 11.3 Å². The average Bonchev–Trinajstić information content (AvgIpc) is 2.89. The van der Waals surface area contributed by atoms with Crippen LogP contribution < -0.4 is 0 Å². The van der Waals surface area contributed by atoms with E-state index >= 15 is 0 Å². The van der Waals surface area contributed by atoms with E-state index < -0.39 is 5.82 Å². The van der Waals surface area contributed by atoms with E-state index in [1.54, 1.807) is 18.2 Å². The van der Waals surface area contributed by atoms with Crippen LogP contribution in [0.5, 0.6) is 5.75 Å². The lowest BCUT2D eigenvalue weighted by Crippen LogP contribution is -1.86. The van der Waals surface area contributed by atoms with E-state index in [1.807, 2.05) is 0 Å². The van der Waals surface area contributed by atoms with Gasteiger partial charge < -0.3 is 9.63 Å². The third kappa shape index (κ3) is 2.15. The van der Waals surface area contributed by atoms with E-state index in [2.05, 4.69) is 15.1 Å². The Bertz CT molecular complexity index is 710. The van der Waals surface area contributed by atoms with E-state index in [-0.39, 0.29) is 17.5 Å². The molecule has 0 unspecified atom stereocenters. The average molecular weight is 257 g/mol. The molecule has 1 aromatic carbocycles. The number of benzene rings is 1. The minimum Gasteiger partial charge on any atom is -0.507 e. The second-order valence-corrected chi connectivity index (χ2v) is 3.80. The van der Waals surface area contributed by atoms with Crippen molar-refractivity contribution >= 4 is 0 Å². The van der Waals surface area contributed by atoms with Crippen LogP contribution in [0.15, 0.2) is 47.1 Å². The molecule has 2 heterocycles. The minimum absolute atomic E-state index is 0.0461. The van der Waals surface area contributed by atoms with Gasteiger partial charge in [0.1, 0.15) is 17.3 Å². The second kappa shape index (κ2) is 4.49. The number of hydrogen-bond acceptors (Lipinski definition) is 5. The lowest BCUT2D eigenvalue weighted by atomic mass is 10.2. The summed E-state index contributed by atoms with van der Waals surface area (Å²) in [5.74, 6) is 0.0235. The maximum Gasteiger partial charge on any atom is 0.262 e. The Morgan fingerprint density at radius 1 is 1.11 bits per heavy atom. The molecule has 0 aliphatic carbocycles. The summed E-state index contributed by atoms with van der Waals surface area (Å²) in [4.78, 5) is 7.97. The van der Waals surface area contributed by atoms with Crippen molar-refractivity contribution in [3.8, 4) is 28.7 Å². The van der Waals surface area contributed by atoms with Gasteiger partial charge >= 0.3 is 0 Å². The van der Waals surface area contributed by atoms with Gasteiger partial charge in [-0.05, 0) is 24.3 Å². The largest absolute Gasteiger partial charge is 0.507 e. The van der Waals surface area contributed by atoms with Crippen molar-refractivity contribution < 1.29 is 14.0 Å². The minimum atomic E-state index is -0.437. The van der Waals surface area contributed by atoms with Gasteiger partial charge in [0.25, 0.3) is 5.89 Å². The highest BCUT2D eigenvalue weighted by atomic mass is 19.1. The standard InChI is InChI=1S/C13H8FN3O2/c14-8-5-6-10(15-7-8)12-16-13(19-17-12)9-3-1-2-4-11(9)18/h1-7,18H. The smallest absolute Gasteiger partial charge is 0.262 e. The van der Waals surface area contributed by atoms with Crippen LogP contribution in [0.1, 0.15) is 0 Å². The van der Waals surface area contributed by atoms with Crippen molar-refractivity contribution in [2.45, 2.75) is 0 Å². The Kier molecular flexibility index (Phi) is 2.68. The Hall–Kier alpha value is -2.76. The number of phenols is 1. The highest BCUT2D eigenvalue weighted by molar-refractivity contribution is 5.63. The van der Waals surface area contributed by atoms with Crippen LogP contribution in [0, 0.1) is 5.82 Å². The monoisotopic (exact) mass is 257 g/mol. The number of para-hydroxylation sites is 1. The number of nitrogens with zero attached hydrogens (tertiary/aromatic N) is 3. The zero-order valence-corrected chi connectivity index (χ0v) is 9.62. The van der Waals surface area contributed by atoms with Crippen LogP contribution in [-0.4, -0.2) is 20.2 Å². The fourth-order valence-corrected chi connectivity index (χ4v) is 1.60. The van der Waals surface area contributed by atoms with E-state index in [0.717, 1.165) is 6.20 Å². The molecular weight excluding hydrogens is 249 g/mol. The van der Waals surface area contributed by atoms with E-state index in [9.17, 15) is 9.50 Å². The second-order valence-electron chi connectivity index (χ2n) is 3.80. The predicted octanol–water partition coefficient (Wildman–Crippen LogP) is 2.64. The zero-order valence-electron chi connectivity index (χ0n) is 9.62. The molecule has 0 saturated carbocycles. The van der Waals surface area contributed by atoms with Gasteiger partial charge in [-0.1, -0.05) is 17.3 Å². The highest BCUT2D eigenvalue weighted by Crippen LogP contribution is 2.28. The van der Waals surface area contributed by atoms with Gasteiger partial charge in [0.2, 0.25) is 5.82 Å². The van der Waals surface area contributed by atoms with Gasteiger partial charge in [-0.3, -0.25) is 0 Å². The molecule has 0 spiro atoms. The van der Waals surface area contributed by atoms with Crippen molar-refractivity contribution in [3.63, 3.8) is 0 Å². The molecule has 0 saturated heterocycles. The SMILES string of the molecule is Oc1ccccc1-c1nc(-c2ccc(F)cn2)no1. The van der Waals surface area contributed by atoms with Gasteiger partial charge in [-0.2, -0.15) is 4.98 Å². The molecule has 2 aromatic heterocycles. The number of phenolic OH excluding ortho intramolecular Hbond substituents is 1. The number of rotatable bonds is 2. The molecule has 1 N–H and O–H groups in total. The molecule has 0 amide bonds. The summed E-state index contributed by atoms with van der Waals surface area (Å²) in [6.45, 7) is 0. The Labute approximate surface area is 107 Å². The number of aromatic hydroxyl groups is 1. The molecule has 3 rings (SSSR count). The third-order valence-electron chi connectivity index (χ3n) is 2.52. The quantitative estimate of drug-likeness (QED) is 0.764. The van der Waals surface area contributed by atoms with Crippen LogP contribution >= 0.6 is 0 Å². The van der Waals surface area contributed by atoms with Crippen LogP contribution in [0.25, 0.3) is 23.0 Å². The predicted molar refractivity (Wildman–Crippen MR) is 64.6 cm³/mol. The molecule has 0 aliphatic heterocycles. The number of hydrogen-bond donors (Lipinski definition) is 1. The summed E-state index contributed by atoms with van der Waals surface area (Å²) in [6, 6.07) is 9.33. The number of aromatic nitrogens is 3. The topological polar surface area (TPSA) is 72.0 Å². The molecule has 94 valence electrons. The van der Waals surface area contributed by atoms with Crippen LogP contribution in [-0.2, 0) is 0 Å². The molecule has 0 atom stereocenters. The van der Waals surface area contributed by atoms with E-state index in [1.165, 1.54) is 18.2 Å². The van der Waals surface area contributed by atoms with Crippen molar-refractivity contribution in [3.05, 3.63) is 48.4 Å². The first-order valence-electron chi connectivity index (χ1n) is 5.48. The summed E-state index contributed by atoms with van der Waals surface area (Å²) in [7, 11) is 0. The van der Waals surface area contributed by atoms with Crippen molar-refractivity contribution in [2.24, 2.45) is 0 Å². The van der Waals surface area contributed by atoms with Gasteiger partial charge in [0, 0.05) is 0 Å². The first-order chi connectivity index (χ1) is 9.24. The fourth-order valence-electron chi connectivity index (χ4n) is 1.60. The summed E-state index contributed by atoms with van der Waals surface area (Å²) >= 11 is 0. The zero-order chi connectivity index (χ0) is 13.2. The molecule has 6 heteroatoms. The summed E-state index contributed by atoms with van der Waals surface area (Å²) in [6.07, 6.45) is 1.07. The molecule has 0 aliphatic rings. The lowest BCUT2D eigenvalue weighted by Gasteiger charge is -1.96. The molecule has 5 nitrogen and oxygen atoms in total. The number of pyridine rings is 1. The third-order valence-corrected chi connectivity index (χ3v) is 2.52. The Morgan fingerprint density at radius 3 is 2.68 bits per heavy atom. The van der Waals surface area contributed by atoms with Crippen LogP contribution in [0.4, 0.5) is 4.39 Å². The molecule has 0 fully saturated rings. The molecule has 3 aromatic rings. The summed E-state index contributed by atoms with van der Waals surface area (Å²) in [5.41, 5.74) is 0.829. The number of halogens is 1. The first kappa shape index (κ1) is 11.3. The summed E-state index contributed by atoms with van der Waals surface area (Å²) < 4.78 is 17.8. The van der Waals surface area contributed by atoms with Gasteiger partial charge in [-0.25, -0.2) is 9.37 Å². The van der Waals surface area contributed by atoms with Crippen LogP contribution in [0.2, 0.25) is 0 Å². The maximum atomic E-state index is 12.8. The molecule has 0 bridgehead atoms. The maximum absolute atomic E-state index is 12.8. The molecular formula is C13H8FN3O2. The Morgan fingerprint density at radius 2 is 1.95 bits per heavy atom. The highest BCUT2D eigenvalue weighted by Gasteiger charge is 2.14. The molecule has 0 radical (unpaired) electrons. The Balaban J connectivity index is 2.00. The molecule has 19 heavy (non-hydrogen) atoms. The normalized spacial score (nSPS) is 10.6. The summed E-state index contributed by atoms with van der Waals surface area (Å²) in [5, 5.41) is 13.4.